The quantitative estimate of drug-likeness (QED) is 0.737. The van der Waals surface area contributed by atoms with Crippen molar-refractivity contribution in [1.82, 2.24) is 4.98 Å². The van der Waals surface area contributed by atoms with Crippen molar-refractivity contribution in [3.8, 4) is 0 Å². The summed E-state index contributed by atoms with van der Waals surface area (Å²) in [5.74, 6) is 0.528. The molecular weight excluding hydrogens is 226 g/mol. The maximum Gasteiger partial charge on any atom is 0.0445 e. The molecule has 0 aliphatic heterocycles. The second kappa shape index (κ2) is 4.75. The Labute approximate surface area is 88.7 Å². The fraction of sp³-hybridized carbons (Fsp3) is 0.545. The van der Waals surface area contributed by atoms with E-state index in [0.717, 1.165) is 6.42 Å². The summed E-state index contributed by atoms with van der Waals surface area (Å²) in [6, 6.07) is 4.25. The molecule has 0 aliphatic carbocycles. The third kappa shape index (κ3) is 2.80. The number of nitrogens with zero attached hydrogens (tertiary/aromatic N) is 1. The molecule has 2 heteroatoms. The Morgan fingerprint density at radius 2 is 2.15 bits per heavy atom. The van der Waals surface area contributed by atoms with Crippen LogP contribution in [-0.2, 0) is 0 Å². The number of hydrogen-bond acceptors (Lipinski definition) is 1. The molecule has 0 bridgehead atoms. The summed E-state index contributed by atoms with van der Waals surface area (Å²) in [6.07, 6.45) is 3.07. The predicted octanol–water partition coefficient (Wildman–Crippen LogP) is 3.67. The summed E-state index contributed by atoms with van der Waals surface area (Å²) >= 11 is 3.62. The molecule has 2 unspecified atom stereocenters. The van der Waals surface area contributed by atoms with E-state index >= 15 is 0 Å². The molecule has 0 N–H and O–H groups in total. The van der Waals surface area contributed by atoms with Crippen LogP contribution in [0.25, 0.3) is 0 Å². The molecule has 1 aromatic rings. The average Bonchev–Trinajstić information content (AvgIpc) is 2.09. The van der Waals surface area contributed by atoms with Gasteiger partial charge in [0.1, 0.15) is 0 Å². The van der Waals surface area contributed by atoms with Gasteiger partial charge in [-0.05, 0) is 25.0 Å². The van der Waals surface area contributed by atoms with Crippen molar-refractivity contribution in [1.29, 1.82) is 0 Å². The monoisotopic (exact) mass is 241 g/mol. The molecule has 2 atom stereocenters. The highest BCUT2D eigenvalue weighted by molar-refractivity contribution is 9.09. The van der Waals surface area contributed by atoms with Crippen molar-refractivity contribution in [2.45, 2.75) is 37.9 Å². The Morgan fingerprint density at radius 1 is 1.46 bits per heavy atom. The molecular formula is C11H16BrN. The van der Waals surface area contributed by atoms with Gasteiger partial charge in [0.2, 0.25) is 0 Å². The Hall–Kier alpha value is -0.370. The van der Waals surface area contributed by atoms with E-state index in [2.05, 4.69) is 53.8 Å². The van der Waals surface area contributed by atoms with Crippen molar-refractivity contribution in [3.63, 3.8) is 0 Å². The zero-order valence-corrected chi connectivity index (χ0v) is 10.0. The number of pyridine rings is 1. The van der Waals surface area contributed by atoms with E-state index < -0.39 is 0 Å². The van der Waals surface area contributed by atoms with Crippen LogP contribution in [-0.4, -0.2) is 9.81 Å². The average molecular weight is 242 g/mol. The van der Waals surface area contributed by atoms with Crippen LogP contribution in [0.5, 0.6) is 0 Å². The molecule has 0 saturated heterocycles. The Kier molecular flexibility index (Phi) is 3.91. The van der Waals surface area contributed by atoms with E-state index in [-0.39, 0.29) is 0 Å². The highest BCUT2D eigenvalue weighted by atomic mass is 79.9. The molecule has 0 fully saturated rings. The normalized spacial score (nSPS) is 15.4. The van der Waals surface area contributed by atoms with Gasteiger partial charge >= 0.3 is 0 Å². The molecule has 1 heterocycles. The van der Waals surface area contributed by atoms with E-state index in [0.29, 0.717) is 10.7 Å². The van der Waals surface area contributed by atoms with Crippen LogP contribution in [0.2, 0.25) is 0 Å². The van der Waals surface area contributed by atoms with Crippen LogP contribution in [0.1, 0.15) is 37.4 Å². The van der Waals surface area contributed by atoms with E-state index in [4.69, 9.17) is 0 Å². The summed E-state index contributed by atoms with van der Waals surface area (Å²) in [4.78, 5) is 4.93. The van der Waals surface area contributed by atoms with Crippen LogP contribution in [0.3, 0.4) is 0 Å². The molecule has 1 rings (SSSR count). The van der Waals surface area contributed by atoms with E-state index in [1.807, 2.05) is 6.20 Å². The number of aryl methyl sites for hydroxylation is 1. The van der Waals surface area contributed by atoms with E-state index in [1.165, 1.54) is 11.3 Å². The standard InChI is InChI=1S/C11H16BrN/c1-4-10(9(3)12)11-6-5-8(2)7-13-11/h5-7,9-10H,4H2,1-3H3. The minimum atomic E-state index is 0.493. The molecule has 0 radical (unpaired) electrons. The minimum Gasteiger partial charge on any atom is -0.261 e. The maximum absolute atomic E-state index is 4.44. The molecule has 0 aromatic carbocycles. The third-order valence-corrected chi connectivity index (χ3v) is 2.95. The Bertz CT molecular complexity index is 253. The first-order chi connectivity index (χ1) is 6.15. The first-order valence-corrected chi connectivity index (χ1v) is 5.63. The topological polar surface area (TPSA) is 12.9 Å². The summed E-state index contributed by atoms with van der Waals surface area (Å²) in [5, 5.41) is 0. The highest BCUT2D eigenvalue weighted by Gasteiger charge is 2.15. The molecule has 0 spiro atoms. The van der Waals surface area contributed by atoms with Gasteiger partial charge < -0.3 is 0 Å². The van der Waals surface area contributed by atoms with Crippen LogP contribution >= 0.6 is 15.9 Å². The Balaban J connectivity index is 2.86. The minimum absolute atomic E-state index is 0.493. The fourth-order valence-electron chi connectivity index (χ4n) is 1.47. The second-order valence-electron chi connectivity index (χ2n) is 3.45. The van der Waals surface area contributed by atoms with Gasteiger partial charge in [-0.25, -0.2) is 0 Å². The Morgan fingerprint density at radius 3 is 2.54 bits per heavy atom. The summed E-state index contributed by atoms with van der Waals surface area (Å²) < 4.78 is 0. The number of halogens is 1. The van der Waals surface area contributed by atoms with Gasteiger partial charge in [0.05, 0.1) is 0 Å². The number of rotatable bonds is 3. The zero-order valence-electron chi connectivity index (χ0n) is 8.42. The smallest absolute Gasteiger partial charge is 0.0445 e. The van der Waals surface area contributed by atoms with Gasteiger partial charge in [-0.1, -0.05) is 35.8 Å². The van der Waals surface area contributed by atoms with Crippen molar-refractivity contribution in [2.24, 2.45) is 0 Å². The second-order valence-corrected chi connectivity index (χ2v) is 4.90. The summed E-state index contributed by atoms with van der Waals surface area (Å²) in [5.41, 5.74) is 2.42. The lowest BCUT2D eigenvalue weighted by Crippen LogP contribution is -2.09. The lowest BCUT2D eigenvalue weighted by atomic mass is 9.98. The largest absolute Gasteiger partial charge is 0.261 e. The van der Waals surface area contributed by atoms with E-state index in [9.17, 15) is 0 Å². The number of aromatic nitrogens is 1. The van der Waals surface area contributed by atoms with Gasteiger partial charge in [0.15, 0.2) is 0 Å². The SMILES string of the molecule is CCC(c1ccc(C)cn1)C(C)Br. The van der Waals surface area contributed by atoms with Crippen molar-refractivity contribution in [3.05, 3.63) is 29.6 Å². The highest BCUT2D eigenvalue weighted by Crippen LogP contribution is 2.26. The molecule has 1 aromatic heterocycles. The molecule has 0 aliphatic rings. The predicted molar refractivity (Wildman–Crippen MR) is 60.4 cm³/mol. The van der Waals surface area contributed by atoms with Crippen LogP contribution in [0.15, 0.2) is 18.3 Å². The number of hydrogen-bond donors (Lipinski definition) is 0. The van der Waals surface area contributed by atoms with Gasteiger partial charge in [0, 0.05) is 22.6 Å². The molecule has 72 valence electrons. The molecule has 13 heavy (non-hydrogen) atoms. The van der Waals surface area contributed by atoms with Gasteiger partial charge in [0.25, 0.3) is 0 Å². The molecule has 0 saturated carbocycles. The lowest BCUT2D eigenvalue weighted by molar-refractivity contribution is 0.643. The number of alkyl halides is 1. The third-order valence-electron chi connectivity index (χ3n) is 2.31. The van der Waals surface area contributed by atoms with Crippen LogP contribution in [0.4, 0.5) is 0 Å². The van der Waals surface area contributed by atoms with Crippen molar-refractivity contribution >= 4 is 15.9 Å². The van der Waals surface area contributed by atoms with E-state index in [1.54, 1.807) is 0 Å². The van der Waals surface area contributed by atoms with Gasteiger partial charge in [-0.3, -0.25) is 4.98 Å². The summed E-state index contributed by atoms with van der Waals surface area (Å²) in [6.45, 7) is 6.44. The van der Waals surface area contributed by atoms with Crippen LogP contribution < -0.4 is 0 Å². The fourth-order valence-corrected chi connectivity index (χ4v) is 2.11. The lowest BCUT2D eigenvalue weighted by Gasteiger charge is -2.16. The first kappa shape index (κ1) is 10.7. The molecule has 0 amide bonds. The van der Waals surface area contributed by atoms with Crippen molar-refractivity contribution < 1.29 is 0 Å². The zero-order chi connectivity index (χ0) is 9.84. The summed E-state index contributed by atoms with van der Waals surface area (Å²) in [7, 11) is 0. The van der Waals surface area contributed by atoms with Gasteiger partial charge in [-0.15, -0.1) is 0 Å². The van der Waals surface area contributed by atoms with Crippen molar-refractivity contribution in [2.75, 3.05) is 0 Å². The van der Waals surface area contributed by atoms with Crippen LogP contribution in [0, 0.1) is 6.92 Å². The van der Waals surface area contributed by atoms with Gasteiger partial charge in [-0.2, -0.15) is 0 Å². The first-order valence-electron chi connectivity index (χ1n) is 4.71. The molecule has 1 nitrogen and oxygen atoms in total. The maximum atomic E-state index is 4.44.